The first-order valence-corrected chi connectivity index (χ1v) is 5.81. The molecule has 0 aliphatic heterocycles. The Balaban J connectivity index is 2.50. The van der Waals surface area contributed by atoms with Crippen molar-refractivity contribution < 1.29 is 14.3 Å². The summed E-state index contributed by atoms with van der Waals surface area (Å²) >= 11 is 0. The van der Waals surface area contributed by atoms with Crippen molar-refractivity contribution in [3.8, 4) is 0 Å². The first-order valence-electron chi connectivity index (χ1n) is 5.81. The van der Waals surface area contributed by atoms with E-state index in [0.29, 0.717) is 24.5 Å². The van der Waals surface area contributed by atoms with Crippen LogP contribution in [0.4, 0.5) is 5.82 Å². The van der Waals surface area contributed by atoms with Crippen LogP contribution in [0.2, 0.25) is 0 Å². The van der Waals surface area contributed by atoms with Crippen molar-refractivity contribution in [2.24, 2.45) is 0 Å². The zero-order valence-corrected chi connectivity index (χ0v) is 10.5. The predicted molar refractivity (Wildman–Crippen MR) is 67.4 cm³/mol. The molecule has 0 radical (unpaired) electrons. The highest BCUT2D eigenvalue weighted by Crippen LogP contribution is 2.06. The van der Waals surface area contributed by atoms with Gasteiger partial charge < -0.3 is 15.4 Å². The van der Waals surface area contributed by atoms with E-state index in [1.165, 1.54) is 6.20 Å². The number of hydrogen-bond donors (Lipinski definition) is 2. The molecular weight excluding hydrogens is 234 g/mol. The van der Waals surface area contributed by atoms with Gasteiger partial charge in [-0.3, -0.25) is 4.79 Å². The van der Waals surface area contributed by atoms with E-state index in [-0.39, 0.29) is 12.5 Å². The molecule has 1 heterocycles. The van der Waals surface area contributed by atoms with Gasteiger partial charge in [-0.25, -0.2) is 9.78 Å². The molecule has 0 unspecified atom stereocenters. The van der Waals surface area contributed by atoms with Crippen molar-refractivity contribution in [3.63, 3.8) is 0 Å². The molecule has 1 amide bonds. The van der Waals surface area contributed by atoms with Gasteiger partial charge in [0, 0.05) is 12.7 Å². The molecule has 6 nitrogen and oxygen atoms in total. The van der Waals surface area contributed by atoms with E-state index in [2.05, 4.69) is 15.6 Å². The standard InChI is InChI=1S/C12H17N3O3/c1-3-13-11(16)8-15-10-6-5-9(7-14-10)12(17)18-4-2/h5-7H,3-4,8H2,1-2H3,(H,13,16)(H,14,15). The van der Waals surface area contributed by atoms with E-state index in [1.807, 2.05) is 6.92 Å². The lowest BCUT2D eigenvalue weighted by Gasteiger charge is -2.06. The number of rotatable bonds is 6. The third-order valence-corrected chi connectivity index (χ3v) is 2.08. The molecule has 0 aliphatic carbocycles. The van der Waals surface area contributed by atoms with Crippen LogP contribution in [-0.4, -0.2) is 36.6 Å². The number of anilines is 1. The minimum Gasteiger partial charge on any atom is -0.462 e. The summed E-state index contributed by atoms with van der Waals surface area (Å²) in [5.74, 6) is 0.0309. The summed E-state index contributed by atoms with van der Waals surface area (Å²) in [6, 6.07) is 3.23. The second-order valence-electron chi connectivity index (χ2n) is 3.46. The number of carbonyl (C=O) groups is 2. The molecule has 0 atom stereocenters. The minimum absolute atomic E-state index is 0.103. The Morgan fingerprint density at radius 2 is 2.11 bits per heavy atom. The molecule has 1 aromatic heterocycles. The summed E-state index contributed by atoms with van der Waals surface area (Å²) in [7, 11) is 0. The molecule has 0 bridgehead atoms. The van der Waals surface area contributed by atoms with E-state index in [9.17, 15) is 9.59 Å². The van der Waals surface area contributed by atoms with Crippen molar-refractivity contribution in [2.75, 3.05) is 25.0 Å². The van der Waals surface area contributed by atoms with Crippen LogP contribution in [0.3, 0.4) is 0 Å². The van der Waals surface area contributed by atoms with Crippen molar-refractivity contribution in [2.45, 2.75) is 13.8 Å². The van der Waals surface area contributed by atoms with Gasteiger partial charge in [-0.2, -0.15) is 0 Å². The number of likely N-dealkylation sites (N-methyl/N-ethyl adjacent to an activating group) is 1. The fourth-order valence-electron chi connectivity index (χ4n) is 1.26. The predicted octanol–water partition coefficient (Wildman–Crippen LogP) is 0.806. The van der Waals surface area contributed by atoms with Crippen molar-refractivity contribution in [3.05, 3.63) is 23.9 Å². The Bertz CT molecular complexity index is 404. The number of hydrogen-bond acceptors (Lipinski definition) is 5. The molecule has 18 heavy (non-hydrogen) atoms. The van der Waals surface area contributed by atoms with Crippen molar-refractivity contribution >= 4 is 17.7 Å². The molecule has 98 valence electrons. The summed E-state index contributed by atoms with van der Waals surface area (Å²) in [5, 5.41) is 5.51. The number of nitrogens with zero attached hydrogens (tertiary/aromatic N) is 1. The van der Waals surface area contributed by atoms with Gasteiger partial charge in [-0.15, -0.1) is 0 Å². The zero-order chi connectivity index (χ0) is 13.4. The molecule has 0 saturated carbocycles. The number of esters is 1. The highest BCUT2D eigenvalue weighted by molar-refractivity contribution is 5.89. The molecule has 6 heteroatoms. The maximum Gasteiger partial charge on any atom is 0.339 e. The lowest BCUT2D eigenvalue weighted by atomic mass is 10.3. The SMILES string of the molecule is CCNC(=O)CNc1ccc(C(=O)OCC)cn1. The van der Waals surface area contributed by atoms with Crippen LogP contribution in [0.5, 0.6) is 0 Å². The first kappa shape index (κ1) is 14.0. The van der Waals surface area contributed by atoms with Gasteiger partial charge in [0.25, 0.3) is 0 Å². The monoisotopic (exact) mass is 251 g/mol. The number of nitrogens with one attached hydrogen (secondary N) is 2. The van der Waals surface area contributed by atoms with Gasteiger partial charge in [-0.05, 0) is 26.0 Å². The third kappa shape index (κ3) is 4.40. The molecule has 2 N–H and O–H groups in total. The molecule has 1 rings (SSSR count). The van der Waals surface area contributed by atoms with Gasteiger partial charge in [-0.1, -0.05) is 0 Å². The Labute approximate surface area is 106 Å². The number of aromatic nitrogens is 1. The van der Waals surface area contributed by atoms with Gasteiger partial charge in [0.15, 0.2) is 0 Å². The van der Waals surface area contributed by atoms with E-state index in [1.54, 1.807) is 19.1 Å². The Morgan fingerprint density at radius 1 is 1.33 bits per heavy atom. The molecule has 0 aliphatic rings. The number of carbonyl (C=O) groups excluding carboxylic acids is 2. The van der Waals surface area contributed by atoms with Crippen LogP contribution in [0.15, 0.2) is 18.3 Å². The summed E-state index contributed by atoms with van der Waals surface area (Å²) in [6.45, 7) is 4.67. The lowest BCUT2D eigenvalue weighted by molar-refractivity contribution is -0.119. The smallest absolute Gasteiger partial charge is 0.339 e. The molecule has 0 aromatic carbocycles. The summed E-state index contributed by atoms with van der Waals surface area (Å²) in [4.78, 5) is 26.6. The second-order valence-corrected chi connectivity index (χ2v) is 3.46. The molecular formula is C12H17N3O3. The lowest BCUT2D eigenvalue weighted by Crippen LogP contribution is -2.29. The average Bonchev–Trinajstić information content (AvgIpc) is 2.37. The van der Waals surface area contributed by atoms with Crippen molar-refractivity contribution in [1.29, 1.82) is 0 Å². The fourth-order valence-corrected chi connectivity index (χ4v) is 1.26. The topological polar surface area (TPSA) is 80.3 Å². The van der Waals surface area contributed by atoms with E-state index < -0.39 is 5.97 Å². The first-order chi connectivity index (χ1) is 8.67. The highest BCUT2D eigenvalue weighted by Gasteiger charge is 2.06. The van der Waals surface area contributed by atoms with Crippen LogP contribution in [0.25, 0.3) is 0 Å². The van der Waals surface area contributed by atoms with E-state index in [4.69, 9.17) is 4.74 Å². The second kappa shape index (κ2) is 7.26. The van der Waals surface area contributed by atoms with Gasteiger partial charge in [0.2, 0.25) is 5.91 Å². The number of amides is 1. The van der Waals surface area contributed by atoms with Crippen LogP contribution in [-0.2, 0) is 9.53 Å². The number of pyridine rings is 1. The average molecular weight is 251 g/mol. The Hall–Kier alpha value is -2.11. The van der Waals surface area contributed by atoms with Gasteiger partial charge in [0.05, 0.1) is 18.7 Å². The largest absolute Gasteiger partial charge is 0.462 e. The normalized spacial score (nSPS) is 9.67. The summed E-state index contributed by atoms with van der Waals surface area (Å²) < 4.78 is 4.83. The maximum absolute atomic E-state index is 11.4. The fraction of sp³-hybridized carbons (Fsp3) is 0.417. The van der Waals surface area contributed by atoms with E-state index in [0.717, 1.165) is 0 Å². The zero-order valence-electron chi connectivity index (χ0n) is 10.5. The quantitative estimate of drug-likeness (QED) is 0.731. The van der Waals surface area contributed by atoms with E-state index >= 15 is 0 Å². The van der Waals surface area contributed by atoms with Gasteiger partial charge in [0.1, 0.15) is 5.82 Å². The highest BCUT2D eigenvalue weighted by atomic mass is 16.5. The number of ether oxygens (including phenoxy) is 1. The van der Waals surface area contributed by atoms with Crippen molar-refractivity contribution in [1.82, 2.24) is 10.3 Å². The van der Waals surface area contributed by atoms with Crippen LogP contribution >= 0.6 is 0 Å². The summed E-state index contributed by atoms with van der Waals surface area (Å²) in [6.07, 6.45) is 1.41. The Morgan fingerprint density at radius 3 is 2.67 bits per heavy atom. The minimum atomic E-state index is -0.403. The van der Waals surface area contributed by atoms with Crippen LogP contribution < -0.4 is 10.6 Å². The molecule has 1 aromatic rings. The van der Waals surface area contributed by atoms with Gasteiger partial charge >= 0.3 is 5.97 Å². The molecule has 0 fully saturated rings. The van der Waals surface area contributed by atoms with Crippen LogP contribution in [0.1, 0.15) is 24.2 Å². The summed E-state index contributed by atoms with van der Waals surface area (Å²) in [5.41, 5.74) is 0.389. The molecule has 0 saturated heterocycles. The third-order valence-electron chi connectivity index (χ3n) is 2.08. The maximum atomic E-state index is 11.4. The molecule has 0 spiro atoms. The Kier molecular flexibility index (Phi) is 5.63. The van der Waals surface area contributed by atoms with Crippen LogP contribution in [0, 0.1) is 0 Å².